The van der Waals surface area contributed by atoms with E-state index >= 15 is 0 Å². The van der Waals surface area contributed by atoms with Crippen molar-refractivity contribution in [2.45, 2.75) is 30.8 Å². The van der Waals surface area contributed by atoms with E-state index in [1.165, 1.54) is 11.8 Å². The molecule has 1 heterocycles. The number of furan rings is 1. The van der Waals surface area contributed by atoms with E-state index < -0.39 is 5.97 Å². The van der Waals surface area contributed by atoms with Crippen LogP contribution in [0.25, 0.3) is 0 Å². The Morgan fingerprint density at radius 1 is 1.73 bits per heavy atom. The highest BCUT2D eigenvalue weighted by molar-refractivity contribution is 7.99. The fraction of sp³-hybridized carbons (Fsp3) is 0.545. The smallest absolute Gasteiger partial charge is 0.316 e. The molecule has 1 aliphatic carbocycles. The number of hydrogen-bond acceptors (Lipinski definition) is 3. The minimum absolute atomic E-state index is 0.255. The summed E-state index contributed by atoms with van der Waals surface area (Å²) in [6.07, 6.45) is 3.76. The molecule has 1 fully saturated rings. The minimum Gasteiger partial charge on any atom is -0.480 e. The topological polar surface area (TPSA) is 50.4 Å². The second-order valence-corrected chi connectivity index (χ2v) is 5.06. The molecule has 15 heavy (non-hydrogen) atoms. The molecule has 4 heteroatoms. The molecule has 1 aromatic rings. The number of carboxylic acids is 1. The van der Waals surface area contributed by atoms with Crippen molar-refractivity contribution >= 4 is 17.7 Å². The molecule has 1 aromatic heterocycles. The van der Waals surface area contributed by atoms with E-state index in [-0.39, 0.29) is 5.25 Å². The van der Waals surface area contributed by atoms with Crippen LogP contribution in [-0.2, 0) is 10.5 Å². The molecule has 82 valence electrons. The van der Waals surface area contributed by atoms with Crippen molar-refractivity contribution in [3.8, 4) is 0 Å². The minimum atomic E-state index is -0.688. The van der Waals surface area contributed by atoms with Gasteiger partial charge in [-0.2, -0.15) is 0 Å². The zero-order valence-electron chi connectivity index (χ0n) is 8.60. The van der Waals surface area contributed by atoms with Crippen LogP contribution < -0.4 is 0 Å². The van der Waals surface area contributed by atoms with Gasteiger partial charge in [-0.05, 0) is 37.3 Å². The molecule has 1 atom stereocenters. The summed E-state index contributed by atoms with van der Waals surface area (Å²) < 4.78 is 5.28. The van der Waals surface area contributed by atoms with Crippen LogP contribution in [0.5, 0.6) is 0 Å². The van der Waals surface area contributed by atoms with E-state index in [1.807, 2.05) is 13.0 Å². The molecular formula is C11H14O3S. The monoisotopic (exact) mass is 226 g/mol. The van der Waals surface area contributed by atoms with Gasteiger partial charge in [0.2, 0.25) is 0 Å². The van der Waals surface area contributed by atoms with Crippen molar-refractivity contribution in [1.29, 1.82) is 0 Å². The third kappa shape index (κ3) is 2.56. The first-order valence-corrected chi connectivity index (χ1v) is 6.10. The Balaban J connectivity index is 1.91. The SMILES string of the molecule is Cc1ccoc1CSC(C(=O)O)C1CC1. The Morgan fingerprint density at radius 3 is 2.93 bits per heavy atom. The quantitative estimate of drug-likeness (QED) is 0.838. The van der Waals surface area contributed by atoms with Gasteiger partial charge in [0.1, 0.15) is 11.0 Å². The third-order valence-electron chi connectivity index (χ3n) is 2.66. The van der Waals surface area contributed by atoms with Crippen molar-refractivity contribution in [1.82, 2.24) is 0 Å². The van der Waals surface area contributed by atoms with Crippen LogP contribution >= 0.6 is 11.8 Å². The van der Waals surface area contributed by atoms with Crippen molar-refractivity contribution in [3.05, 3.63) is 23.7 Å². The van der Waals surface area contributed by atoms with Gasteiger partial charge >= 0.3 is 5.97 Å². The van der Waals surface area contributed by atoms with Gasteiger partial charge in [-0.1, -0.05) is 0 Å². The highest BCUT2D eigenvalue weighted by atomic mass is 32.2. The molecule has 1 unspecified atom stereocenters. The number of aryl methyl sites for hydroxylation is 1. The molecule has 0 aliphatic heterocycles. The second kappa shape index (κ2) is 4.31. The van der Waals surface area contributed by atoms with Gasteiger partial charge in [-0.3, -0.25) is 4.79 Å². The van der Waals surface area contributed by atoms with E-state index in [4.69, 9.17) is 9.52 Å². The number of carboxylic acid groups (broad SMARTS) is 1. The normalized spacial score (nSPS) is 17.7. The summed E-state index contributed by atoms with van der Waals surface area (Å²) in [5.41, 5.74) is 1.10. The van der Waals surface area contributed by atoms with Crippen LogP contribution in [0, 0.1) is 12.8 Å². The number of carbonyl (C=O) groups is 1. The van der Waals surface area contributed by atoms with Crippen LogP contribution in [0.2, 0.25) is 0 Å². The maximum atomic E-state index is 11.0. The molecule has 2 rings (SSSR count). The van der Waals surface area contributed by atoms with Gasteiger partial charge in [0, 0.05) is 0 Å². The summed E-state index contributed by atoms with van der Waals surface area (Å²) in [6, 6.07) is 1.91. The van der Waals surface area contributed by atoms with E-state index in [0.29, 0.717) is 11.7 Å². The Hall–Kier alpha value is -0.900. The van der Waals surface area contributed by atoms with Crippen LogP contribution in [-0.4, -0.2) is 16.3 Å². The predicted octanol–water partition coefficient (Wildman–Crippen LogP) is 2.68. The Kier molecular flexibility index (Phi) is 3.05. The van der Waals surface area contributed by atoms with Gasteiger partial charge in [0.15, 0.2) is 0 Å². The van der Waals surface area contributed by atoms with E-state index in [9.17, 15) is 4.79 Å². The third-order valence-corrected chi connectivity index (χ3v) is 4.03. The molecule has 0 aromatic carbocycles. The fourth-order valence-corrected chi connectivity index (χ4v) is 2.84. The van der Waals surface area contributed by atoms with Gasteiger partial charge in [-0.15, -0.1) is 11.8 Å². The number of thioether (sulfide) groups is 1. The Labute approximate surface area is 92.9 Å². The van der Waals surface area contributed by atoms with Crippen molar-refractivity contribution < 1.29 is 14.3 Å². The molecular weight excluding hydrogens is 212 g/mol. The highest BCUT2D eigenvalue weighted by Gasteiger charge is 2.36. The summed E-state index contributed by atoms with van der Waals surface area (Å²) in [4.78, 5) is 11.0. The maximum absolute atomic E-state index is 11.0. The van der Waals surface area contributed by atoms with Gasteiger partial charge in [0.05, 0.1) is 12.0 Å². The van der Waals surface area contributed by atoms with Crippen LogP contribution in [0.4, 0.5) is 0 Å². The lowest BCUT2D eigenvalue weighted by molar-refractivity contribution is -0.136. The summed E-state index contributed by atoms with van der Waals surface area (Å²) in [5, 5.41) is 8.78. The molecule has 0 saturated heterocycles. The Morgan fingerprint density at radius 2 is 2.47 bits per heavy atom. The summed E-state index contributed by atoms with van der Waals surface area (Å²) in [7, 11) is 0. The zero-order valence-corrected chi connectivity index (χ0v) is 9.42. The Bertz CT molecular complexity index is 354. The van der Waals surface area contributed by atoms with Gasteiger partial charge < -0.3 is 9.52 Å². The largest absolute Gasteiger partial charge is 0.480 e. The van der Waals surface area contributed by atoms with E-state index in [0.717, 1.165) is 24.2 Å². The molecule has 0 amide bonds. The molecule has 0 bridgehead atoms. The first-order chi connectivity index (χ1) is 7.18. The van der Waals surface area contributed by atoms with Crippen molar-refractivity contribution in [2.24, 2.45) is 5.92 Å². The first-order valence-electron chi connectivity index (χ1n) is 5.06. The highest BCUT2D eigenvalue weighted by Crippen LogP contribution is 2.40. The molecule has 0 spiro atoms. The number of rotatable bonds is 5. The van der Waals surface area contributed by atoms with Crippen LogP contribution in [0.3, 0.4) is 0 Å². The molecule has 3 nitrogen and oxygen atoms in total. The number of aliphatic carboxylic acids is 1. The molecule has 1 N–H and O–H groups in total. The maximum Gasteiger partial charge on any atom is 0.316 e. The summed E-state index contributed by atoms with van der Waals surface area (Å²) in [6.45, 7) is 1.98. The van der Waals surface area contributed by atoms with E-state index in [2.05, 4.69) is 0 Å². The molecule has 1 saturated carbocycles. The summed E-state index contributed by atoms with van der Waals surface area (Å²) in [5.74, 6) is 1.24. The lowest BCUT2D eigenvalue weighted by Gasteiger charge is -2.09. The predicted molar refractivity (Wildman–Crippen MR) is 58.9 cm³/mol. The second-order valence-electron chi connectivity index (χ2n) is 3.93. The number of hydrogen-bond donors (Lipinski definition) is 1. The summed E-state index contributed by atoms with van der Waals surface area (Å²) >= 11 is 1.48. The van der Waals surface area contributed by atoms with Crippen molar-refractivity contribution in [2.75, 3.05) is 0 Å². The van der Waals surface area contributed by atoms with E-state index in [1.54, 1.807) is 6.26 Å². The van der Waals surface area contributed by atoms with Gasteiger partial charge in [-0.25, -0.2) is 0 Å². The van der Waals surface area contributed by atoms with Gasteiger partial charge in [0.25, 0.3) is 0 Å². The average Bonchev–Trinajstić information content (AvgIpc) is 2.92. The fourth-order valence-electron chi connectivity index (χ4n) is 1.53. The average molecular weight is 226 g/mol. The first kappa shape index (κ1) is 10.6. The lowest BCUT2D eigenvalue weighted by Crippen LogP contribution is -2.18. The molecule has 1 aliphatic rings. The zero-order chi connectivity index (χ0) is 10.8. The lowest BCUT2D eigenvalue weighted by atomic mass is 10.3. The van der Waals surface area contributed by atoms with Crippen LogP contribution in [0.1, 0.15) is 24.2 Å². The standard InChI is InChI=1S/C11H14O3S/c1-7-4-5-14-9(7)6-15-10(11(12)13)8-2-3-8/h4-5,8,10H,2-3,6H2,1H3,(H,12,13). The molecule has 0 radical (unpaired) electrons. The van der Waals surface area contributed by atoms with Crippen molar-refractivity contribution in [3.63, 3.8) is 0 Å². The van der Waals surface area contributed by atoms with Crippen LogP contribution in [0.15, 0.2) is 16.7 Å².